The van der Waals surface area contributed by atoms with E-state index in [0.717, 1.165) is 12.8 Å². The SMILES string of the molecule is O=C(NCC1(C(=O)O)CCCC1)Nc1cccc(F)c1. The van der Waals surface area contributed by atoms with Gasteiger partial charge in [0.2, 0.25) is 0 Å². The van der Waals surface area contributed by atoms with E-state index >= 15 is 0 Å². The molecular formula is C14H17FN2O3. The predicted octanol–water partition coefficient (Wildman–Crippen LogP) is 2.59. The lowest BCUT2D eigenvalue weighted by Crippen LogP contribution is -2.42. The summed E-state index contributed by atoms with van der Waals surface area (Å²) in [6.45, 7) is 0.0868. The van der Waals surface area contributed by atoms with Crippen LogP contribution >= 0.6 is 0 Å². The van der Waals surface area contributed by atoms with Gasteiger partial charge in [-0.2, -0.15) is 0 Å². The number of rotatable bonds is 4. The molecule has 0 radical (unpaired) electrons. The lowest BCUT2D eigenvalue weighted by molar-refractivity contribution is -0.148. The topological polar surface area (TPSA) is 78.4 Å². The van der Waals surface area contributed by atoms with Crippen molar-refractivity contribution in [2.24, 2.45) is 5.41 Å². The molecule has 1 aliphatic carbocycles. The van der Waals surface area contributed by atoms with Gasteiger partial charge in [0.15, 0.2) is 0 Å². The number of carbonyl (C=O) groups is 2. The molecule has 0 spiro atoms. The average Bonchev–Trinajstić information content (AvgIpc) is 2.86. The molecule has 20 heavy (non-hydrogen) atoms. The summed E-state index contributed by atoms with van der Waals surface area (Å²) in [5, 5.41) is 14.3. The maximum Gasteiger partial charge on any atom is 0.319 e. The third kappa shape index (κ3) is 3.26. The number of hydrogen-bond donors (Lipinski definition) is 3. The van der Waals surface area contributed by atoms with Gasteiger partial charge in [0.05, 0.1) is 5.41 Å². The van der Waals surface area contributed by atoms with E-state index in [1.165, 1.54) is 18.2 Å². The first-order chi connectivity index (χ1) is 9.52. The second-order valence-electron chi connectivity index (χ2n) is 5.11. The van der Waals surface area contributed by atoms with Crippen LogP contribution in [0.1, 0.15) is 25.7 Å². The van der Waals surface area contributed by atoms with Gasteiger partial charge in [-0.25, -0.2) is 9.18 Å². The van der Waals surface area contributed by atoms with E-state index in [1.54, 1.807) is 6.07 Å². The zero-order valence-corrected chi connectivity index (χ0v) is 11.0. The van der Waals surface area contributed by atoms with Crippen molar-refractivity contribution in [3.05, 3.63) is 30.1 Å². The molecule has 1 saturated carbocycles. The van der Waals surface area contributed by atoms with E-state index in [0.29, 0.717) is 18.5 Å². The van der Waals surface area contributed by atoms with Crippen molar-refractivity contribution in [3.8, 4) is 0 Å². The number of carbonyl (C=O) groups excluding carboxylic acids is 1. The minimum atomic E-state index is -0.874. The van der Waals surface area contributed by atoms with Crippen LogP contribution < -0.4 is 10.6 Å². The first-order valence-corrected chi connectivity index (χ1v) is 6.56. The lowest BCUT2D eigenvalue weighted by atomic mass is 9.86. The summed E-state index contributed by atoms with van der Waals surface area (Å²) in [4.78, 5) is 23.0. The number of amides is 2. The molecule has 0 atom stereocenters. The number of benzene rings is 1. The van der Waals surface area contributed by atoms with Crippen molar-refractivity contribution in [1.29, 1.82) is 0 Å². The Morgan fingerprint density at radius 2 is 2.00 bits per heavy atom. The van der Waals surface area contributed by atoms with Gasteiger partial charge in [-0.15, -0.1) is 0 Å². The molecule has 0 heterocycles. The molecule has 108 valence electrons. The average molecular weight is 280 g/mol. The van der Waals surface area contributed by atoms with Gasteiger partial charge >= 0.3 is 12.0 Å². The molecule has 3 N–H and O–H groups in total. The Kier molecular flexibility index (Phi) is 4.22. The van der Waals surface area contributed by atoms with Crippen LogP contribution in [0.15, 0.2) is 24.3 Å². The fraction of sp³-hybridized carbons (Fsp3) is 0.429. The molecule has 6 heteroatoms. The van der Waals surface area contributed by atoms with Gasteiger partial charge in [0, 0.05) is 12.2 Å². The van der Waals surface area contributed by atoms with Gasteiger partial charge in [0.1, 0.15) is 5.82 Å². The molecule has 2 rings (SSSR count). The number of halogens is 1. The Bertz CT molecular complexity index is 513. The summed E-state index contributed by atoms with van der Waals surface area (Å²) in [5.41, 5.74) is -0.530. The van der Waals surface area contributed by atoms with Gasteiger partial charge in [0.25, 0.3) is 0 Å². The van der Waals surface area contributed by atoms with Crippen molar-refractivity contribution in [2.45, 2.75) is 25.7 Å². The van der Waals surface area contributed by atoms with E-state index in [4.69, 9.17) is 0 Å². The molecule has 0 aromatic heterocycles. The molecule has 1 fully saturated rings. The molecule has 1 aromatic rings. The zero-order chi connectivity index (χ0) is 14.6. The normalized spacial score (nSPS) is 16.6. The van der Waals surface area contributed by atoms with Crippen LogP contribution in [-0.2, 0) is 4.79 Å². The highest BCUT2D eigenvalue weighted by molar-refractivity contribution is 5.89. The van der Waals surface area contributed by atoms with E-state index in [9.17, 15) is 19.1 Å². The van der Waals surface area contributed by atoms with Crippen LogP contribution in [0.2, 0.25) is 0 Å². The van der Waals surface area contributed by atoms with Crippen LogP contribution in [0.4, 0.5) is 14.9 Å². The van der Waals surface area contributed by atoms with Crippen LogP contribution in [-0.4, -0.2) is 23.7 Å². The maximum atomic E-state index is 13.0. The van der Waals surface area contributed by atoms with E-state index in [-0.39, 0.29) is 6.54 Å². The maximum absolute atomic E-state index is 13.0. The highest BCUT2D eigenvalue weighted by Crippen LogP contribution is 2.37. The van der Waals surface area contributed by atoms with Crippen molar-refractivity contribution >= 4 is 17.7 Å². The second kappa shape index (κ2) is 5.90. The highest BCUT2D eigenvalue weighted by atomic mass is 19.1. The third-order valence-corrected chi connectivity index (χ3v) is 3.68. The molecule has 5 nitrogen and oxygen atoms in total. The molecule has 0 aliphatic heterocycles. The number of nitrogens with one attached hydrogen (secondary N) is 2. The number of anilines is 1. The Balaban J connectivity index is 1.90. The number of urea groups is 1. The lowest BCUT2D eigenvalue weighted by Gasteiger charge is -2.24. The molecule has 1 aromatic carbocycles. The number of carboxylic acid groups (broad SMARTS) is 1. The molecular weight excluding hydrogens is 263 g/mol. The van der Waals surface area contributed by atoms with E-state index in [1.807, 2.05) is 0 Å². The standard InChI is InChI=1S/C14H17FN2O3/c15-10-4-3-5-11(8-10)17-13(20)16-9-14(12(18)19)6-1-2-7-14/h3-5,8H,1-2,6-7,9H2,(H,18,19)(H2,16,17,20). The van der Waals surface area contributed by atoms with Gasteiger partial charge in [-0.3, -0.25) is 4.79 Å². The van der Waals surface area contributed by atoms with Crippen LogP contribution in [0.3, 0.4) is 0 Å². The largest absolute Gasteiger partial charge is 0.481 e. The van der Waals surface area contributed by atoms with Gasteiger partial charge in [-0.05, 0) is 31.0 Å². The summed E-state index contributed by atoms with van der Waals surface area (Å²) >= 11 is 0. The fourth-order valence-corrected chi connectivity index (χ4v) is 2.51. The van der Waals surface area contributed by atoms with Crippen LogP contribution in [0, 0.1) is 11.2 Å². The van der Waals surface area contributed by atoms with Crippen molar-refractivity contribution in [2.75, 3.05) is 11.9 Å². The molecule has 2 amide bonds. The Labute approximate surface area is 116 Å². The summed E-state index contributed by atoms with van der Waals surface area (Å²) in [5.74, 6) is -1.32. The molecule has 0 saturated heterocycles. The van der Waals surface area contributed by atoms with E-state index in [2.05, 4.69) is 10.6 Å². The second-order valence-corrected chi connectivity index (χ2v) is 5.11. The quantitative estimate of drug-likeness (QED) is 0.793. The third-order valence-electron chi connectivity index (χ3n) is 3.68. The monoisotopic (exact) mass is 280 g/mol. The highest BCUT2D eigenvalue weighted by Gasteiger charge is 2.41. The van der Waals surface area contributed by atoms with Gasteiger partial charge in [-0.1, -0.05) is 18.9 Å². The fourth-order valence-electron chi connectivity index (χ4n) is 2.51. The summed E-state index contributed by atoms with van der Waals surface area (Å²) in [7, 11) is 0. The smallest absolute Gasteiger partial charge is 0.319 e. The van der Waals surface area contributed by atoms with E-state index < -0.39 is 23.2 Å². The number of aliphatic carboxylic acids is 1. The van der Waals surface area contributed by atoms with Crippen molar-refractivity contribution in [3.63, 3.8) is 0 Å². The Morgan fingerprint density at radius 3 is 2.60 bits per heavy atom. The summed E-state index contributed by atoms with van der Waals surface area (Å²) < 4.78 is 13.0. The molecule has 0 bridgehead atoms. The predicted molar refractivity (Wildman–Crippen MR) is 72.0 cm³/mol. The first-order valence-electron chi connectivity index (χ1n) is 6.56. The summed E-state index contributed by atoms with van der Waals surface area (Å²) in [6.07, 6.45) is 2.87. The summed E-state index contributed by atoms with van der Waals surface area (Å²) in [6, 6.07) is 5.00. The molecule has 0 unspecified atom stereocenters. The van der Waals surface area contributed by atoms with Crippen LogP contribution in [0.25, 0.3) is 0 Å². The molecule has 1 aliphatic rings. The number of carboxylic acids is 1. The Hall–Kier alpha value is -2.11. The number of hydrogen-bond acceptors (Lipinski definition) is 2. The van der Waals surface area contributed by atoms with Gasteiger partial charge < -0.3 is 15.7 Å². The minimum absolute atomic E-state index is 0.0868. The van der Waals surface area contributed by atoms with Crippen LogP contribution in [0.5, 0.6) is 0 Å². The minimum Gasteiger partial charge on any atom is -0.481 e. The van der Waals surface area contributed by atoms with Crippen molar-refractivity contribution in [1.82, 2.24) is 5.32 Å². The van der Waals surface area contributed by atoms with Crippen molar-refractivity contribution < 1.29 is 19.1 Å². The first kappa shape index (κ1) is 14.3. The Morgan fingerprint density at radius 1 is 1.30 bits per heavy atom. The zero-order valence-electron chi connectivity index (χ0n) is 11.0.